The van der Waals surface area contributed by atoms with Crippen LogP contribution in [0.25, 0.3) is 11.5 Å². The summed E-state index contributed by atoms with van der Waals surface area (Å²) in [4.78, 5) is 0. The van der Waals surface area contributed by atoms with Crippen LogP contribution < -0.4 is 0 Å². The van der Waals surface area contributed by atoms with Gasteiger partial charge in [-0.15, -0.1) is 6.58 Å². The Hall–Kier alpha value is 1.02. The van der Waals surface area contributed by atoms with E-state index in [0.717, 1.165) is 0 Å². The maximum Gasteiger partial charge on any atom is 0.187 e. The Morgan fingerprint density at radius 1 is 0.376 bits per heavy atom. The van der Waals surface area contributed by atoms with Crippen LogP contribution in [0.2, 0.25) is 0 Å². The van der Waals surface area contributed by atoms with Gasteiger partial charge in [0, 0.05) is 88.1 Å². The number of hydrogen-bond donors (Lipinski definition) is 23. The molecule has 40 atom stereocenters. The average molecular weight is 1790 g/mol. The molecule has 0 spiro atoms. The third kappa shape index (κ3) is 19.3. The number of aliphatic hydroxyl groups is 23. The molecule has 7 saturated heterocycles. The van der Waals surface area contributed by atoms with Gasteiger partial charge in [0.05, 0.1) is 70.7 Å². The van der Waals surface area contributed by atoms with Crippen molar-refractivity contribution in [3.05, 3.63) is 24.1 Å². The fourth-order valence-corrected chi connectivity index (χ4v) is 11.2. The monoisotopic (exact) mass is 1790 g/mol. The summed E-state index contributed by atoms with van der Waals surface area (Å²) < 4.78 is 85.7. The molecule has 0 aromatic carbocycles. The first-order valence-corrected chi connectivity index (χ1v) is 29.1. The van der Waals surface area contributed by atoms with Crippen molar-refractivity contribution in [3.63, 3.8) is 0 Å². The van der Waals surface area contributed by atoms with E-state index in [1.807, 2.05) is 0 Å². The van der Waals surface area contributed by atoms with E-state index in [1.54, 1.807) is 0 Å². The molecule has 7 fully saturated rings. The van der Waals surface area contributed by atoms with Crippen LogP contribution >= 0.6 is 0 Å². The Bertz CT molecular complexity index is 2190. The first kappa shape index (κ1) is 84.7. The summed E-state index contributed by atoms with van der Waals surface area (Å²) >= 11 is 0. The van der Waals surface area contributed by atoms with Gasteiger partial charge in [-0.25, -0.2) is 0 Å². The second-order valence-corrected chi connectivity index (χ2v) is 23.0. The topological polar surface area (TPSA) is 651 Å². The summed E-state index contributed by atoms with van der Waals surface area (Å²) in [6, 6.07) is -4.37. The minimum atomic E-state index is -2.81. The van der Waals surface area contributed by atoms with Crippen LogP contribution in [0, 0.1) is 88.1 Å². The fourth-order valence-electron chi connectivity index (χ4n) is 11.2. The third-order valence-corrected chi connectivity index (χ3v) is 16.7. The molecule has 0 bridgehead atoms. The summed E-state index contributed by atoms with van der Waals surface area (Å²) in [6.45, 7) is -0.806. The van der Waals surface area contributed by atoms with E-state index < -0.39 is 285 Å². The predicted molar refractivity (Wildman–Crippen MR) is 283 cm³/mol. The van der Waals surface area contributed by atoms with Gasteiger partial charge in [-0.3, -0.25) is 0 Å². The maximum absolute atomic E-state index is 12.1. The van der Waals surface area contributed by atoms with Crippen LogP contribution in [0.15, 0.2) is 12.7 Å². The van der Waals surface area contributed by atoms with Gasteiger partial charge in [0.15, 0.2) is 37.7 Å². The van der Waals surface area contributed by atoms with Crippen molar-refractivity contribution in [2.24, 2.45) is 0 Å². The molecule has 7 aliphatic rings. The van der Waals surface area contributed by atoms with Gasteiger partial charge >= 0.3 is 0 Å². The van der Waals surface area contributed by atoms with Gasteiger partial charge in [-0.1, -0.05) is 18.2 Å². The largest absolute Gasteiger partial charge is 0.668 e. The first-order valence-electron chi connectivity index (χ1n) is 29.1. The average Bonchev–Trinajstić information content (AvgIpc) is 0.796. The summed E-state index contributed by atoms with van der Waals surface area (Å²) in [5, 5.41) is 250. The second-order valence-electron chi connectivity index (χ2n) is 23.0. The van der Waals surface area contributed by atoms with E-state index in [2.05, 4.69) is 6.58 Å². The van der Waals surface area contributed by atoms with E-state index >= 15 is 0 Å². The zero-order chi connectivity index (χ0) is 67.4. The Morgan fingerprint density at radius 2 is 0.720 bits per heavy atom. The molecule has 42 heteroatoms. The Labute approximate surface area is 601 Å². The van der Waals surface area contributed by atoms with Gasteiger partial charge in [-0.2, -0.15) is 0 Å². The van der Waals surface area contributed by atoms with Gasteiger partial charge in [0.25, 0.3) is 0 Å². The molecule has 7 heterocycles. The zero-order valence-corrected chi connectivity index (χ0v) is 59.4. The quantitative estimate of drug-likeness (QED) is 0.0268. The standard InChI is InChI=1S/C51H88N2O38.2Ac/c1-4-5-77-47-36(74)31(69)38(17(8-56)85-47)86-44(76)37(75)43(91-46-21(53)42(90-51-35(73)30(68)26(64)16(7-55)82-51)40(19(10-58)84-46)87-48-32(70)27(65)22(60)12(2)79-48)24(62)14(59)11-78-45-20(52)41(89-49-33(71)28(66)23(61)13(3)80-49)39(18(9-57)83-45)88-50-34(72)29(67)25(63)15(6-54)81-50;;/h4,12-76H,1,5-11H2,2-3H3;;/q-2;;/t12?,13?,14?,15?,16?,17?,18?,19?,20?,21?,22-,23-,24+,25+,26+,27?,28?,29?,30?,31?,32?,33?,34?,35?,36?,37?,38+,39-,40-,41?,42?,43?,44+,45-,46+,47-,48+,49?,50+,51+;;/m1../s1. The molecule has 40 nitrogen and oxygen atoms in total. The van der Waals surface area contributed by atoms with Crippen LogP contribution in [0.3, 0.4) is 0 Å². The molecule has 0 aliphatic carbocycles. The van der Waals surface area contributed by atoms with Crippen LogP contribution in [-0.4, -0.2) is 409 Å². The molecule has 7 rings (SSSR count). The van der Waals surface area contributed by atoms with E-state index in [4.69, 9.17) is 71.1 Å². The molecule has 0 amide bonds. The number of nitrogens with one attached hydrogen (secondary N) is 2. The normalized spacial score (nSPS) is 48.3. The van der Waals surface area contributed by atoms with E-state index in [9.17, 15) is 129 Å². The van der Waals surface area contributed by atoms with Crippen molar-refractivity contribution in [2.75, 3.05) is 46.2 Å². The first-order chi connectivity index (χ1) is 43.0. The number of ether oxygens (including phenoxy) is 15. The SMILES string of the molecule is C=CCO[C@@H]1OC(CO)[C@H](O[C@H](O)C(O)C(O[C@@H]2OC(CO)[C@@H](O[C@@H]3OC(C)[C@@H](O)C(O)C3O)C(O[C@@H]3OC(CO)[C@H](O)C(O)C3O)C2[NH-])[C@@H](O)C(O)CO[C@@H]2OC(CO)[C@@H](O[C@@H]3OC(CO)[C@H](O)C(O)C3O)C(OC3OC(C)[C@@H](O)C(O)C3O)C2[NH-])C(O)C1O.[Ac].[Ac]. The van der Waals surface area contributed by atoms with Crippen molar-refractivity contribution in [1.29, 1.82) is 0 Å². The van der Waals surface area contributed by atoms with Crippen LogP contribution in [0.5, 0.6) is 0 Å². The minimum absolute atomic E-state index is 0. The molecule has 0 aromatic heterocycles. The molecular formula is C51H88Ac2N2O38-2. The van der Waals surface area contributed by atoms with E-state index in [0.29, 0.717) is 0 Å². The zero-order valence-electron chi connectivity index (χ0n) is 49.9. The maximum atomic E-state index is 12.1. The summed E-state index contributed by atoms with van der Waals surface area (Å²) in [5.41, 5.74) is 18.8. The van der Waals surface area contributed by atoms with Crippen LogP contribution in [0.1, 0.15) is 13.8 Å². The molecule has 7 aliphatic heterocycles. The Balaban J connectivity index is 0.00000784. The molecular weight excluding hydrogens is 1700 g/mol. The van der Waals surface area contributed by atoms with Gasteiger partial charge < -0.3 is 200 Å². The fraction of sp³-hybridized carbons (Fsp3) is 0.961. The van der Waals surface area contributed by atoms with Gasteiger partial charge in [-0.05, 0) is 13.8 Å². The second kappa shape index (κ2) is 38.0. The van der Waals surface area contributed by atoms with Gasteiger partial charge in [0.1, 0.15) is 171 Å². The minimum Gasteiger partial charge on any atom is -0.668 e. The van der Waals surface area contributed by atoms with Crippen molar-refractivity contribution >= 4 is 0 Å². The summed E-state index contributed by atoms with van der Waals surface area (Å²) in [7, 11) is 0. The number of aliphatic hydroxyl groups excluding tert-OH is 23. The van der Waals surface area contributed by atoms with Crippen molar-refractivity contribution < 1.29 is 277 Å². The predicted octanol–water partition coefficient (Wildman–Crippen LogP) is -14.1. The molecule has 0 aromatic rings. The van der Waals surface area contributed by atoms with Crippen molar-refractivity contribution in [2.45, 2.75) is 259 Å². The third-order valence-electron chi connectivity index (χ3n) is 16.7. The summed E-state index contributed by atoms with van der Waals surface area (Å²) in [6.07, 6.45) is -75.5. The van der Waals surface area contributed by atoms with Crippen LogP contribution in [-0.2, 0) is 71.1 Å². The number of hydrogen-bond acceptors (Lipinski definition) is 38. The number of rotatable bonds is 27. The molecule has 25 unspecified atom stereocenters. The molecule has 538 valence electrons. The smallest absolute Gasteiger partial charge is 0.187 e. The molecule has 0 saturated carbocycles. The van der Waals surface area contributed by atoms with E-state index in [-0.39, 0.29) is 94.7 Å². The van der Waals surface area contributed by atoms with Crippen molar-refractivity contribution in [3.8, 4) is 0 Å². The van der Waals surface area contributed by atoms with E-state index in [1.165, 1.54) is 19.9 Å². The Kier molecular flexibility index (Phi) is 34.6. The molecule has 2 radical (unpaired) electrons. The molecule has 93 heavy (non-hydrogen) atoms. The van der Waals surface area contributed by atoms with Crippen molar-refractivity contribution in [1.82, 2.24) is 0 Å². The summed E-state index contributed by atoms with van der Waals surface area (Å²) in [5.74, 6) is 0. The molecule has 25 N–H and O–H groups in total. The van der Waals surface area contributed by atoms with Gasteiger partial charge in [0.2, 0.25) is 0 Å². The van der Waals surface area contributed by atoms with Crippen LogP contribution in [0.4, 0.5) is 0 Å². The Morgan fingerprint density at radius 3 is 1.14 bits per heavy atom.